The highest BCUT2D eigenvalue weighted by atomic mass is 16.5. The maximum atomic E-state index is 5.46. The van der Waals surface area contributed by atoms with E-state index in [0.29, 0.717) is 19.3 Å². The van der Waals surface area contributed by atoms with Crippen LogP contribution in [0.2, 0.25) is 0 Å². The van der Waals surface area contributed by atoms with Crippen LogP contribution in [0.25, 0.3) is 0 Å². The second-order valence-corrected chi connectivity index (χ2v) is 3.33. The molecule has 3 nitrogen and oxygen atoms in total. The van der Waals surface area contributed by atoms with Gasteiger partial charge in [0.05, 0.1) is 19.3 Å². The largest absolute Gasteiger partial charge is 0.385 e. The normalized spacial score (nSPS) is 13.0. The average Bonchev–Trinajstić information content (AvgIpc) is 2.03. The van der Waals surface area contributed by atoms with Crippen molar-refractivity contribution >= 4 is 0 Å². The fourth-order valence-corrected chi connectivity index (χ4v) is 0.897. The lowest BCUT2D eigenvalue weighted by atomic mass is 10.3. The Morgan fingerprint density at radius 1 is 1.38 bits per heavy atom. The minimum atomic E-state index is 0. The van der Waals surface area contributed by atoms with Crippen LogP contribution in [0.15, 0.2) is 12.3 Å². The van der Waals surface area contributed by atoms with Gasteiger partial charge in [-0.2, -0.15) is 0 Å². The van der Waals surface area contributed by atoms with Crippen LogP contribution in [0, 0.1) is 0 Å². The summed E-state index contributed by atoms with van der Waals surface area (Å²) in [5.74, 6) is 0. The fraction of sp³-hybridized carbons (Fsp3) is 0.800. The number of nitrogens with one attached hydrogen (secondary N) is 1. The highest BCUT2D eigenvalue weighted by Gasteiger charge is 2.06. The minimum absolute atomic E-state index is 0. The number of ether oxygens (including phenoxy) is 2. The zero-order valence-electron chi connectivity index (χ0n) is 9.09. The first-order valence-electron chi connectivity index (χ1n) is 4.63. The predicted octanol–water partition coefficient (Wildman–Crippen LogP) is 1.80. The molecule has 13 heavy (non-hydrogen) atoms. The van der Waals surface area contributed by atoms with Crippen molar-refractivity contribution in [2.24, 2.45) is 0 Å². The third-order valence-electron chi connectivity index (χ3n) is 1.62. The summed E-state index contributed by atoms with van der Waals surface area (Å²) in [6.07, 6.45) is 0.0394. The molecule has 0 bridgehead atoms. The van der Waals surface area contributed by atoms with Crippen molar-refractivity contribution in [1.82, 2.24) is 5.32 Å². The summed E-state index contributed by atoms with van der Waals surface area (Å²) >= 11 is 0. The molecule has 0 amide bonds. The van der Waals surface area contributed by atoms with Crippen molar-refractivity contribution in [2.75, 3.05) is 20.3 Å². The van der Waals surface area contributed by atoms with Gasteiger partial charge in [-0.05, 0) is 20.8 Å². The summed E-state index contributed by atoms with van der Waals surface area (Å²) in [5.41, 5.74) is 0.922. The van der Waals surface area contributed by atoms with Gasteiger partial charge in [-0.3, -0.25) is 0 Å². The molecule has 0 aliphatic rings. The average molecular weight is 189 g/mol. The molecule has 1 atom stereocenters. The van der Waals surface area contributed by atoms with Gasteiger partial charge < -0.3 is 14.8 Å². The van der Waals surface area contributed by atoms with E-state index in [2.05, 4.69) is 25.7 Å². The van der Waals surface area contributed by atoms with Crippen LogP contribution < -0.4 is 5.32 Å². The summed E-state index contributed by atoms with van der Waals surface area (Å²) in [7, 11) is 1.66. The molecule has 0 radical (unpaired) electrons. The molecular formula is C10H23NO2. The van der Waals surface area contributed by atoms with E-state index in [-0.39, 0.29) is 7.53 Å². The van der Waals surface area contributed by atoms with E-state index in [4.69, 9.17) is 9.47 Å². The lowest BCUT2D eigenvalue weighted by Gasteiger charge is -2.19. The maximum absolute atomic E-state index is 5.46. The van der Waals surface area contributed by atoms with Gasteiger partial charge in [0.1, 0.15) is 0 Å². The Bertz CT molecular complexity index is 151. The molecule has 3 heteroatoms. The lowest BCUT2D eigenvalue weighted by molar-refractivity contribution is 0.0396. The van der Waals surface area contributed by atoms with E-state index in [0.717, 1.165) is 5.70 Å². The van der Waals surface area contributed by atoms with Gasteiger partial charge in [-0.1, -0.05) is 6.58 Å². The second kappa shape index (κ2) is 6.92. The molecule has 1 unspecified atom stereocenters. The third kappa shape index (κ3) is 6.61. The van der Waals surface area contributed by atoms with Crippen molar-refractivity contribution in [3.05, 3.63) is 12.3 Å². The first kappa shape index (κ1) is 12.5. The van der Waals surface area contributed by atoms with Gasteiger partial charge in [0.15, 0.2) is 0 Å². The standard InChI is InChI=1S/C10H21NO2.H2/c1-8(2)11-9(3)10(4)13-7-6-12-5;/h8,10-11H,3,6-7H2,1-2,4-5H3;1H. The maximum Gasteiger partial charge on any atom is 0.0936 e. The molecule has 0 heterocycles. The summed E-state index contributed by atoms with van der Waals surface area (Å²) in [6, 6.07) is 0.404. The van der Waals surface area contributed by atoms with E-state index >= 15 is 0 Å². The van der Waals surface area contributed by atoms with Crippen molar-refractivity contribution in [1.29, 1.82) is 0 Å². The minimum Gasteiger partial charge on any atom is -0.385 e. The van der Waals surface area contributed by atoms with Gasteiger partial charge >= 0.3 is 0 Å². The summed E-state index contributed by atoms with van der Waals surface area (Å²) in [6.45, 7) is 11.3. The number of hydrogen-bond acceptors (Lipinski definition) is 3. The fourth-order valence-electron chi connectivity index (χ4n) is 0.897. The molecule has 0 aromatic heterocycles. The molecule has 0 fully saturated rings. The Morgan fingerprint density at radius 2 is 2.00 bits per heavy atom. The van der Waals surface area contributed by atoms with E-state index in [1.807, 2.05) is 6.92 Å². The van der Waals surface area contributed by atoms with Crippen molar-refractivity contribution in [3.63, 3.8) is 0 Å². The first-order valence-corrected chi connectivity index (χ1v) is 4.63. The predicted molar refractivity (Wildman–Crippen MR) is 56.8 cm³/mol. The number of methoxy groups -OCH3 is 1. The van der Waals surface area contributed by atoms with Crippen LogP contribution in [-0.4, -0.2) is 32.5 Å². The van der Waals surface area contributed by atoms with E-state index in [1.165, 1.54) is 0 Å². The van der Waals surface area contributed by atoms with E-state index < -0.39 is 0 Å². The van der Waals surface area contributed by atoms with Crippen molar-refractivity contribution in [3.8, 4) is 0 Å². The van der Waals surface area contributed by atoms with E-state index in [1.54, 1.807) is 7.11 Å². The molecule has 0 spiro atoms. The lowest BCUT2D eigenvalue weighted by Crippen LogP contribution is -2.29. The molecule has 0 aromatic carbocycles. The topological polar surface area (TPSA) is 30.5 Å². The molecule has 80 valence electrons. The van der Waals surface area contributed by atoms with Crippen LogP contribution in [0.4, 0.5) is 0 Å². The number of hydrogen-bond donors (Lipinski definition) is 1. The van der Waals surface area contributed by atoms with Crippen molar-refractivity contribution < 1.29 is 10.9 Å². The highest BCUT2D eigenvalue weighted by Crippen LogP contribution is 2.01. The van der Waals surface area contributed by atoms with Gasteiger partial charge in [0, 0.05) is 20.3 Å². The van der Waals surface area contributed by atoms with Crippen LogP contribution in [0.1, 0.15) is 22.2 Å². The zero-order chi connectivity index (χ0) is 10.3. The summed E-state index contributed by atoms with van der Waals surface area (Å²) in [4.78, 5) is 0. The molecule has 0 saturated carbocycles. The van der Waals surface area contributed by atoms with Crippen LogP contribution in [0.5, 0.6) is 0 Å². The molecule has 0 saturated heterocycles. The second-order valence-electron chi connectivity index (χ2n) is 3.33. The van der Waals surface area contributed by atoms with Gasteiger partial charge in [-0.15, -0.1) is 0 Å². The highest BCUT2D eigenvalue weighted by molar-refractivity contribution is 4.98. The zero-order valence-corrected chi connectivity index (χ0v) is 9.09. The van der Waals surface area contributed by atoms with Crippen LogP contribution >= 0.6 is 0 Å². The van der Waals surface area contributed by atoms with Gasteiger partial charge in [0.25, 0.3) is 0 Å². The molecule has 0 aliphatic heterocycles. The quantitative estimate of drug-likeness (QED) is 0.619. The Labute approximate surface area is 82.6 Å². The van der Waals surface area contributed by atoms with Gasteiger partial charge in [-0.25, -0.2) is 0 Å². The Morgan fingerprint density at radius 3 is 2.46 bits per heavy atom. The SMILES string of the molecule is C=C(NC(C)C)C(C)OCCOC.[HH]. The number of rotatable bonds is 7. The molecular weight excluding hydrogens is 166 g/mol. The van der Waals surface area contributed by atoms with E-state index in [9.17, 15) is 0 Å². The summed E-state index contributed by atoms with van der Waals surface area (Å²) < 4.78 is 10.3. The molecule has 1 N–H and O–H groups in total. The summed E-state index contributed by atoms with van der Waals surface area (Å²) in [5, 5.41) is 3.21. The van der Waals surface area contributed by atoms with Crippen LogP contribution in [-0.2, 0) is 9.47 Å². The molecule has 0 aliphatic carbocycles. The Hall–Kier alpha value is -0.540. The third-order valence-corrected chi connectivity index (χ3v) is 1.62. The molecule has 0 aromatic rings. The Balaban J connectivity index is 0. The smallest absolute Gasteiger partial charge is 0.0936 e. The van der Waals surface area contributed by atoms with Crippen molar-refractivity contribution in [2.45, 2.75) is 32.9 Å². The monoisotopic (exact) mass is 189 g/mol. The van der Waals surface area contributed by atoms with Crippen LogP contribution in [0.3, 0.4) is 0 Å². The first-order chi connectivity index (χ1) is 6.07. The van der Waals surface area contributed by atoms with Gasteiger partial charge in [0.2, 0.25) is 0 Å². The molecule has 0 rings (SSSR count). The Kier molecular flexibility index (Phi) is 6.63.